The number of methoxy groups -OCH3 is 3. The van der Waals surface area contributed by atoms with Crippen molar-refractivity contribution in [3.63, 3.8) is 0 Å². The van der Waals surface area contributed by atoms with E-state index in [4.69, 9.17) is 14.2 Å². The maximum Gasteiger partial charge on any atom is 0.262 e. The molecule has 7 heteroatoms. The molecule has 32 heavy (non-hydrogen) atoms. The average Bonchev–Trinajstić information content (AvgIpc) is 2.84. The Morgan fingerprint density at radius 3 is 2.28 bits per heavy atom. The van der Waals surface area contributed by atoms with Crippen molar-refractivity contribution >= 4 is 22.4 Å². The van der Waals surface area contributed by atoms with Crippen LogP contribution in [0.3, 0.4) is 0 Å². The van der Waals surface area contributed by atoms with Crippen LogP contribution in [0.4, 0.5) is 5.69 Å². The first-order valence-electron chi connectivity index (χ1n) is 9.88. The van der Waals surface area contributed by atoms with Crippen LogP contribution in [0.5, 0.6) is 17.2 Å². The van der Waals surface area contributed by atoms with Crippen LogP contribution < -0.4 is 25.1 Å². The molecule has 0 atom stereocenters. The van der Waals surface area contributed by atoms with Crippen molar-refractivity contribution in [2.24, 2.45) is 0 Å². The van der Waals surface area contributed by atoms with E-state index in [1.54, 1.807) is 87.1 Å². The minimum absolute atomic E-state index is 0.225. The third-order valence-electron chi connectivity index (χ3n) is 5.14. The molecule has 0 spiro atoms. The molecular weight excluding hydrogens is 408 g/mol. The molecular formula is C25H22N2O5. The Hall–Kier alpha value is -4.26. The van der Waals surface area contributed by atoms with Gasteiger partial charge in [0.1, 0.15) is 5.75 Å². The summed E-state index contributed by atoms with van der Waals surface area (Å²) in [6.45, 7) is 0. The van der Waals surface area contributed by atoms with E-state index in [2.05, 4.69) is 5.32 Å². The summed E-state index contributed by atoms with van der Waals surface area (Å²) in [5, 5.41) is 3.89. The number of hydrogen-bond donors (Lipinski definition) is 1. The Balaban J connectivity index is 1.82. The van der Waals surface area contributed by atoms with Gasteiger partial charge in [0.05, 0.1) is 32.6 Å². The molecule has 0 bridgehead atoms. The Bertz CT molecular complexity index is 1360. The first-order valence-corrected chi connectivity index (χ1v) is 9.88. The van der Waals surface area contributed by atoms with Crippen LogP contribution in [0.15, 0.2) is 77.7 Å². The number of hydrogen-bond acceptors (Lipinski definition) is 5. The van der Waals surface area contributed by atoms with Gasteiger partial charge in [0.2, 0.25) is 0 Å². The van der Waals surface area contributed by atoms with Gasteiger partial charge in [-0.2, -0.15) is 0 Å². The molecule has 1 heterocycles. The lowest BCUT2D eigenvalue weighted by Crippen LogP contribution is -2.22. The van der Waals surface area contributed by atoms with Crippen LogP contribution in [-0.4, -0.2) is 31.8 Å². The fourth-order valence-corrected chi connectivity index (χ4v) is 3.54. The summed E-state index contributed by atoms with van der Waals surface area (Å²) in [4.78, 5) is 26.5. The van der Waals surface area contributed by atoms with Crippen molar-refractivity contribution < 1.29 is 19.0 Å². The molecule has 7 nitrogen and oxygen atoms in total. The second-order valence-corrected chi connectivity index (χ2v) is 6.99. The summed E-state index contributed by atoms with van der Waals surface area (Å²) >= 11 is 0. The highest BCUT2D eigenvalue weighted by molar-refractivity contribution is 6.12. The average molecular weight is 430 g/mol. The Kier molecular flexibility index (Phi) is 5.81. The number of nitrogens with zero attached hydrogens (tertiary/aromatic N) is 1. The van der Waals surface area contributed by atoms with Gasteiger partial charge in [0.15, 0.2) is 11.5 Å². The number of fused-ring (bicyclic) bond motifs is 1. The van der Waals surface area contributed by atoms with E-state index in [0.717, 1.165) is 0 Å². The van der Waals surface area contributed by atoms with Gasteiger partial charge in [-0.15, -0.1) is 0 Å². The van der Waals surface area contributed by atoms with Gasteiger partial charge < -0.3 is 19.5 Å². The molecule has 1 N–H and O–H groups in total. The van der Waals surface area contributed by atoms with Gasteiger partial charge in [0.25, 0.3) is 11.5 Å². The molecule has 0 radical (unpaired) electrons. The van der Waals surface area contributed by atoms with Gasteiger partial charge in [-0.25, -0.2) is 0 Å². The minimum atomic E-state index is -0.356. The van der Waals surface area contributed by atoms with E-state index in [1.807, 2.05) is 0 Å². The van der Waals surface area contributed by atoms with Crippen molar-refractivity contribution in [2.75, 3.05) is 26.6 Å². The zero-order valence-electron chi connectivity index (χ0n) is 17.9. The zero-order chi connectivity index (χ0) is 22.7. The molecule has 0 unspecified atom stereocenters. The predicted molar refractivity (Wildman–Crippen MR) is 124 cm³/mol. The fourth-order valence-electron chi connectivity index (χ4n) is 3.54. The first kappa shape index (κ1) is 21.0. The number of benzene rings is 3. The van der Waals surface area contributed by atoms with E-state index in [-0.39, 0.29) is 11.5 Å². The Morgan fingerprint density at radius 2 is 1.56 bits per heavy atom. The van der Waals surface area contributed by atoms with Crippen LogP contribution in [-0.2, 0) is 0 Å². The largest absolute Gasteiger partial charge is 0.497 e. The highest BCUT2D eigenvalue weighted by Gasteiger charge is 2.17. The highest BCUT2D eigenvalue weighted by Crippen LogP contribution is 2.30. The number of amides is 1. The molecule has 162 valence electrons. The molecule has 3 aromatic carbocycles. The molecule has 0 fully saturated rings. The van der Waals surface area contributed by atoms with Gasteiger partial charge in [-0.3, -0.25) is 14.2 Å². The topological polar surface area (TPSA) is 78.8 Å². The molecule has 4 rings (SSSR count). The number of pyridine rings is 1. The van der Waals surface area contributed by atoms with Crippen LogP contribution in [0, 0.1) is 0 Å². The summed E-state index contributed by atoms with van der Waals surface area (Å²) in [6.07, 6.45) is 1.55. The third kappa shape index (κ3) is 3.88. The lowest BCUT2D eigenvalue weighted by atomic mass is 10.1. The summed E-state index contributed by atoms with van der Waals surface area (Å²) in [5.74, 6) is 1.31. The second kappa shape index (κ2) is 8.85. The number of ether oxygens (including phenoxy) is 3. The van der Waals surface area contributed by atoms with Crippen molar-refractivity contribution in [1.29, 1.82) is 0 Å². The van der Waals surface area contributed by atoms with E-state index in [1.165, 1.54) is 11.7 Å². The Labute approximate surface area is 184 Å². The molecule has 0 saturated carbocycles. The van der Waals surface area contributed by atoms with Crippen molar-refractivity contribution in [1.82, 2.24) is 4.57 Å². The molecule has 4 aromatic rings. The van der Waals surface area contributed by atoms with E-state index >= 15 is 0 Å². The molecule has 0 aliphatic rings. The van der Waals surface area contributed by atoms with E-state index in [0.29, 0.717) is 45.0 Å². The van der Waals surface area contributed by atoms with Gasteiger partial charge in [-0.05, 0) is 30.3 Å². The molecule has 0 aliphatic heterocycles. The van der Waals surface area contributed by atoms with Crippen molar-refractivity contribution in [3.05, 3.63) is 88.8 Å². The number of nitrogens with one attached hydrogen (secondary N) is 1. The summed E-state index contributed by atoms with van der Waals surface area (Å²) < 4.78 is 17.3. The normalized spacial score (nSPS) is 10.6. The number of aromatic nitrogens is 1. The number of anilines is 1. The minimum Gasteiger partial charge on any atom is -0.497 e. The predicted octanol–water partition coefficient (Wildman–Crippen LogP) is 4.27. The van der Waals surface area contributed by atoms with Gasteiger partial charge >= 0.3 is 0 Å². The maximum atomic E-state index is 13.3. The van der Waals surface area contributed by atoms with Crippen molar-refractivity contribution in [3.8, 4) is 22.9 Å². The summed E-state index contributed by atoms with van der Waals surface area (Å²) in [5.41, 5.74) is 1.27. The van der Waals surface area contributed by atoms with Gasteiger partial charge in [-0.1, -0.05) is 24.3 Å². The zero-order valence-corrected chi connectivity index (χ0v) is 17.9. The molecule has 0 aliphatic carbocycles. The van der Waals surface area contributed by atoms with Crippen LogP contribution in [0.1, 0.15) is 10.4 Å². The smallest absolute Gasteiger partial charge is 0.262 e. The number of rotatable bonds is 6. The van der Waals surface area contributed by atoms with E-state index < -0.39 is 0 Å². The van der Waals surface area contributed by atoms with Gasteiger partial charge in [0, 0.05) is 34.8 Å². The fraction of sp³-hybridized carbons (Fsp3) is 0.120. The lowest BCUT2D eigenvalue weighted by molar-refractivity contribution is 0.102. The third-order valence-corrected chi connectivity index (χ3v) is 5.14. The lowest BCUT2D eigenvalue weighted by Gasteiger charge is -2.14. The summed E-state index contributed by atoms with van der Waals surface area (Å²) in [7, 11) is 4.63. The highest BCUT2D eigenvalue weighted by atomic mass is 16.5. The quantitative estimate of drug-likeness (QED) is 0.494. The summed E-state index contributed by atoms with van der Waals surface area (Å²) in [6, 6.07) is 19.3. The first-order chi connectivity index (χ1) is 15.5. The monoisotopic (exact) mass is 430 g/mol. The number of carbonyl (C=O) groups excluding carboxylic acids is 1. The SMILES string of the molecule is COc1cccc(-n2cc(C(=O)Nc3ccc(OC)c(OC)c3)c3ccccc3c2=O)c1. The van der Waals surface area contributed by atoms with Crippen LogP contribution in [0.25, 0.3) is 16.5 Å². The number of carbonyl (C=O) groups is 1. The van der Waals surface area contributed by atoms with Crippen LogP contribution in [0.2, 0.25) is 0 Å². The Morgan fingerprint density at radius 1 is 0.812 bits per heavy atom. The van der Waals surface area contributed by atoms with Crippen LogP contribution >= 0.6 is 0 Å². The standard InChI is InChI=1S/C25H22N2O5/c1-30-18-8-6-7-17(14-18)27-15-21(19-9-4-5-10-20(19)25(27)29)24(28)26-16-11-12-22(31-2)23(13-16)32-3/h4-15H,1-3H3,(H,26,28). The molecule has 1 aromatic heterocycles. The maximum absolute atomic E-state index is 13.3. The molecule has 0 saturated heterocycles. The van der Waals surface area contributed by atoms with E-state index in [9.17, 15) is 9.59 Å². The second-order valence-electron chi connectivity index (χ2n) is 6.99. The van der Waals surface area contributed by atoms with Crippen molar-refractivity contribution in [2.45, 2.75) is 0 Å². The molecule has 1 amide bonds.